The van der Waals surface area contributed by atoms with Gasteiger partial charge in [-0.1, -0.05) is 54.6 Å². The highest BCUT2D eigenvalue weighted by Gasteiger charge is 2.38. The zero-order valence-electron chi connectivity index (χ0n) is 17.6. The summed E-state index contributed by atoms with van der Waals surface area (Å²) in [4.78, 5) is 0. The molecule has 3 N–H and O–H groups in total. The van der Waals surface area contributed by atoms with Crippen molar-refractivity contribution in [1.29, 1.82) is 0 Å². The molecule has 158 valence electrons. The average molecular weight is 408 g/mol. The number of benzene rings is 3. The van der Waals surface area contributed by atoms with Crippen molar-refractivity contribution in [1.82, 2.24) is 0 Å². The fourth-order valence-corrected chi connectivity index (χ4v) is 3.43. The number of hydrogen-bond acceptors (Lipinski definition) is 5. The van der Waals surface area contributed by atoms with E-state index in [1.165, 1.54) is 0 Å². The highest BCUT2D eigenvalue weighted by molar-refractivity contribution is 5.49. The molecule has 3 aromatic rings. The van der Waals surface area contributed by atoms with Crippen molar-refractivity contribution in [2.45, 2.75) is 24.7 Å². The molecule has 0 saturated carbocycles. The van der Waals surface area contributed by atoms with Crippen LogP contribution in [0.25, 0.3) is 0 Å². The van der Waals surface area contributed by atoms with Gasteiger partial charge < -0.3 is 25.1 Å². The molecular weight excluding hydrogens is 378 g/mol. The van der Waals surface area contributed by atoms with Crippen molar-refractivity contribution >= 4 is 0 Å². The number of methoxy groups -OCH3 is 2. The first-order valence-corrected chi connectivity index (χ1v) is 9.93. The van der Waals surface area contributed by atoms with Gasteiger partial charge in [-0.3, -0.25) is 0 Å². The van der Waals surface area contributed by atoms with Crippen LogP contribution in [0, 0.1) is 0 Å². The van der Waals surface area contributed by atoms with Gasteiger partial charge in [-0.05, 0) is 47.9 Å². The molecule has 2 atom stereocenters. The van der Waals surface area contributed by atoms with E-state index in [1.807, 2.05) is 78.9 Å². The smallest absolute Gasteiger partial charge is 0.143 e. The van der Waals surface area contributed by atoms with E-state index in [0.717, 1.165) is 28.2 Å². The normalized spacial score (nSPS) is 13.5. The number of rotatable bonds is 9. The fraction of sp³-hybridized carbons (Fsp3) is 0.280. The maximum atomic E-state index is 9.93. The highest BCUT2D eigenvalue weighted by atomic mass is 16.5. The minimum absolute atomic E-state index is 0.171. The van der Waals surface area contributed by atoms with Gasteiger partial charge in [0.1, 0.15) is 17.1 Å². The fourth-order valence-electron chi connectivity index (χ4n) is 3.43. The largest absolute Gasteiger partial charge is 0.497 e. The summed E-state index contributed by atoms with van der Waals surface area (Å²) in [5.74, 6) is 1.52. The Bertz CT molecular complexity index is 861. The summed E-state index contributed by atoms with van der Waals surface area (Å²) in [6, 6.07) is 25.1. The van der Waals surface area contributed by atoms with Crippen molar-refractivity contribution in [2.75, 3.05) is 20.8 Å². The second-order valence-corrected chi connectivity index (χ2v) is 7.22. The van der Waals surface area contributed by atoms with Crippen LogP contribution in [0.1, 0.15) is 23.6 Å². The molecule has 0 saturated heterocycles. The second-order valence-electron chi connectivity index (χ2n) is 7.22. The van der Waals surface area contributed by atoms with E-state index >= 15 is 0 Å². The number of hydrogen-bond donors (Lipinski definition) is 2. The lowest BCUT2D eigenvalue weighted by molar-refractivity contribution is -0.0131. The first-order valence-electron chi connectivity index (χ1n) is 9.93. The molecular formula is C25H29NO4. The molecule has 5 nitrogen and oxygen atoms in total. The van der Waals surface area contributed by atoms with Gasteiger partial charge in [0, 0.05) is 0 Å². The highest BCUT2D eigenvalue weighted by Crippen LogP contribution is 2.41. The van der Waals surface area contributed by atoms with Gasteiger partial charge in [0.2, 0.25) is 0 Å². The molecule has 0 heterocycles. The lowest BCUT2D eigenvalue weighted by atomic mass is 9.80. The van der Waals surface area contributed by atoms with Crippen LogP contribution in [0.5, 0.6) is 11.5 Å². The van der Waals surface area contributed by atoms with Crippen molar-refractivity contribution in [3.63, 3.8) is 0 Å². The van der Waals surface area contributed by atoms with Crippen molar-refractivity contribution < 1.29 is 19.3 Å². The quantitative estimate of drug-likeness (QED) is 0.529. The number of nitrogens with two attached hydrogens (primary N) is 1. The molecule has 5 heteroatoms. The molecule has 0 fully saturated rings. The molecule has 0 aliphatic carbocycles. The molecule has 3 aromatic carbocycles. The SMILES string of the molecule is COc1ccc(C(OC[C@H](N)[C@H](C)O)(c2ccccc2)c2ccc(OC)cc2)cc1. The maximum Gasteiger partial charge on any atom is 0.143 e. The molecule has 0 bridgehead atoms. The lowest BCUT2D eigenvalue weighted by Crippen LogP contribution is -2.42. The molecule has 0 spiro atoms. The zero-order chi connectivity index (χ0) is 21.6. The maximum absolute atomic E-state index is 9.93. The molecule has 0 radical (unpaired) electrons. The Labute approximate surface area is 178 Å². The first-order chi connectivity index (χ1) is 14.5. The van der Waals surface area contributed by atoms with Gasteiger partial charge in [-0.2, -0.15) is 0 Å². The predicted octanol–water partition coefficient (Wildman–Crippen LogP) is 3.72. The topological polar surface area (TPSA) is 73.9 Å². The average Bonchev–Trinajstić information content (AvgIpc) is 2.80. The Kier molecular flexibility index (Phi) is 7.11. The van der Waals surface area contributed by atoms with Crippen molar-refractivity contribution in [3.05, 3.63) is 95.6 Å². The predicted molar refractivity (Wildman–Crippen MR) is 118 cm³/mol. The Morgan fingerprint density at radius 3 is 1.60 bits per heavy atom. The van der Waals surface area contributed by atoms with E-state index in [1.54, 1.807) is 21.1 Å². The van der Waals surface area contributed by atoms with Crippen LogP contribution < -0.4 is 15.2 Å². The Hall–Kier alpha value is -2.86. The van der Waals surface area contributed by atoms with Gasteiger partial charge >= 0.3 is 0 Å². The van der Waals surface area contributed by atoms with Crippen LogP contribution in [0.3, 0.4) is 0 Å². The molecule has 0 amide bonds. The molecule has 30 heavy (non-hydrogen) atoms. The van der Waals surface area contributed by atoms with Crippen molar-refractivity contribution in [3.8, 4) is 11.5 Å². The van der Waals surface area contributed by atoms with Crippen LogP contribution in [0.15, 0.2) is 78.9 Å². The Balaban J connectivity index is 2.20. The number of ether oxygens (including phenoxy) is 3. The summed E-state index contributed by atoms with van der Waals surface area (Å²) in [5.41, 5.74) is 8.02. The van der Waals surface area contributed by atoms with Crippen LogP contribution in [-0.2, 0) is 10.3 Å². The minimum Gasteiger partial charge on any atom is -0.497 e. The summed E-state index contributed by atoms with van der Waals surface area (Å²) < 4.78 is 17.3. The third-order valence-electron chi connectivity index (χ3n) is 5.29. The molecule has 0 unspecified atom stereocenters. The first kappa shape index (κ1) is 21.8. The van der Waals surface area contributed by atoms with Crippen LogP contribution >= 0.6 is 0 Å². The van der Waals surface area contributed by atoms with E-state index in [0.29, 0.717) is 0 Å². The van der Waals surface area contributed by atoms with E-state index < -0.39 is 17.7 Å². The van der Waals surface area contributed by atoms with E-state index in [-0.39, 0.29) is 6.61 Å². The van der Waals surface area contributed by atoms with Crippen LogP contribution in [0.2, 0.25) is 0 Å². The molecule has 0 aromatic heterocycles. The van der Waals surface area contributed by atoms with Crippen LogP contribution in [-0.4, -0.2) is 38.1 Å². The summed E-state index contributed by atoms with van der Waals surface area (Å²) in [5, 5.41) is 9.93. The van der Waals surface area contributed by atoms with Crippen molar-refractivity contribution in [2.24, 2.45) is 5.73 Å². The van der Waals surface area contributed by atoms with Gasteiger partial charge in [-0.15, -0.1) is 0 Å². The summed E-state index contributed by atoms with van der Waals surface area (Å²) >= 11 is 0. The molecule has 0 aliphatic rings. The van der Waals surface area contributed by atoms with E-state index in [4.69, 9.17) is 19.9 Å². The third-order valence-corrected chi connectivity index (χ3v) is 5.29. The number of aliphatic hydroxyl groups is 1. The third kappa shape index (κ3) is 4.49. The molecule has 3 rings (SSSR count). The Morgan fingerprint density at radius 1 is 0.767 bits per heavy atom. The molecule has 0 aliphatic heterocycles. The summed E-state index contributed by atoms with van der Waals surface area (Å²) in [6.07, 6.45) is -0.690. The number of aliphatic hydroxyl groups excluding tert-OH is 1. The minimum atomic E-state index is -0.924. The van der Waals surface area contributed by atoms with E-state index in [2.05, 4.69) is 0 Å². The lowest BCUT2D eigenvalue weighted by Gasteiger charge is -2.37. The second kappa shape index (κ2) is 9.76. The van der Waals surface area contributed by atoms with Crippen LogP contribution in [0.4, 0.5) is 0 Å². The van der Waals surface area contributed by atoms with Gasteiger partial charge in [0.05, 0.1) is 33.0 Å². The van der Waals surface area contributed by atoms with Gasteiger partial charge in [0.25, 0.3) is 0 Å². The Morgan fingerprint density at radius 2 is 1.20 bits per heavy atom. The standard InChI is InChI=1S/C25H29NO4/c1-18(27)24(26)17-30-25(19-7-5-4-6-8-19,20-9-13-22(28-2)14-10-20)21-11-15-23(29-3)16-12-21/h4-16,18,24,27H,17,26H2,1-3H3/t18-,24-/m0/s1. The van der Waals surface area contributed by atoms with E-state index in [9.17, 15) is 5.11 Å². The summed E-state index contributed by atoms with van der Waals surface area (Å²) in [7, 11) is 3.28. The monoisotopic (exact) mass is 407 g/mol. The zero-order valence-corrected chi connectivity index (χ0v) is 17.6. The summed E-state index contributed by atoms with van der Waals surface area (Å²) in [6.45, 7) is 1.84. The van der Waals surface area contributed by atoms with Gasteiger partial charge in [0.15, 0.2) is 0 Å². The van der Waals surface area contributed by atoms with Gasteiger partial charge in [-0.25, -0.2) is 0 Å².